The van der Waals surface area contributed by atoms with Gasteiger partial charge in [0.15, 0.2) is 11.5 Å². The van der Waals surface area contributed by atoms with Crippen molar-refractivity contribution < 1.29 is 14.6 Å². The molecule has 7 nitrogen and oxygen atoms in total. The summed E-state index contributed by atoms with van der Waals surface area (Å²) < 4.78 is 6.83. The summed E-state index contributed by atoms with van der Waals surface area (Å²) in [5, 5.41) is 13.7. The number of ether oxygens (including phenoxy) is 1. The maximum absolute atomic E-state index is 12.1. The molecule has 0 unspecified atom stereocenters. The number of benzene rings is 2. The van der Waals surface area contributed by atoms with Crippen LogP contribution in [0.15, 0.2) is 53.9 Å². The Hall–Kier alpha value is -3.35. The lowest BCUT2D eigenvalue weighted by Gasteiger charge is -2.07. The summed E-state index contributed by atoms with van der Waals surface area (Å²) >= 11 is 0. The molecule has 1 aromatic heterocycles. The zero-order valence-corrected chi connectivity index (χ0v) is 13.9. The van der Waals surface area contributed by atoms with Crippen LogP contribution in [0, 0.1) is 0 Å². The first-order valence-corrected chi connectivity index (χ1v) is 7.69. The highest BCUT2D eigenvalue weighted by Gasteiger charge is 2.08. The van der Waals surface area contributed by atoms with Crippen molar-refractivity contribution in [1.82, 2.24) is 15.0 Å². The van der Waals surface area contributed by atoms with Crippen molar-refractivity contribution in [2.24, 2.45) is 5.10 Å². The molecule has 0 saturated heterocycles. The maximum atomic E-state index is 12.1. The summed E-state index contributed by atoms with van der Waals surface area (Å²) in [4.78, 5) is 16.4. The number of carbonyl (C=O) groups excluding carboxylic acids is 1. The summed E-state index contributed by atoms with van der Waals surface area (Å²) in [6.07, 6.45) is 1.63. The molecule has 0 bridgehead atoms. The van der Waals surface area contributed by atoms with Crippen molar-refractivity contribution in [2.75, 3.05) is 7.11 Å². The molecule has 0 spiro atoms. The van der Waals surface area contributed by atoms with Gasteiger partial charge in [-0.15, -0.1) is 0 Å². The van der Waals surface area contributed by atoms with E-state index in [9.17, 15) is 9.90 Å². The number of methoxy groups -OCH3 is 1. The number of hydrazone groups is 1. The van der Waals surface area contributed by atoms with E-state index in [1.165, 1.54) is 13.2 Å². The summed E-state index contributed by atoms with van der Waals surface area (Å²) in [5.74, 6) is 0.145. The van der Waals surface area contributed by atoms with Crippen LogP contribution in [0.4, 0.5) is 0 Å². The molecule has 1 heterocycles. The molecular weight excluding hydrogens is 320 g/mol. The van der Waals surface area contributed by atoms with Crippen molar-refractivity contribution in [3.63, 3.8) is 0 Å². The van der Waals surface area contributed by atoms with Gasteiger partial charge in [0.1, 0.15) is 6.54 Å². The molecule has 3 aromatic rings. The number of phenolic OH excluding ortho intramolecular Hbond substituents is 1. The largest absolute Gasteiger partial charge is 0.504 e. The Morgan fingerprint density at radius 1 is 1.32 bits per heavy atom. The highest BCUT2D eigenvalue weighted by atomic mass is 16.5. The number of phenols is 1. The predicted octanol–water partition coefficient (Wildman–Crippen LogP) is 2.29. The van der Waals surface area contributed by atoms with E-state index in [4.69, 9.17) is 4.74 Å². The van der Waals surface area contributed by atoms with Crippen LogP contribution in [-0.2, 0) is 11.3 Å². The smallest absolute Gasteiger partial charge is 0.260 e. The number of aromatic nitrogens is 2. The van der Waals surface area contributed by atoms with Crippen molar-refractivity contribution >= 4 is 22.7 Å². The lowest BCUT2D eigenvalue weighted by atomic mass is 10.1. The molecule has 2 aromatic carbocycles. The number of fused-ring (bicyclic) bond motifs is 1. The van der Waals surface area contributed by atoms with Gasteiger partial charge < -0.3 is 14.4 Å². The van der Waals surface area contributed by atoms with Gasteiger partial charge in [-0.2, -0.15) is 5.10 Å². The highest BCUT2D eigenvalue weighted by molar-refractivity contribution is 5.99. The monoisotopic (exact) mass is 338 g/mol. The van der Waals surface area contributed by atoms with Gasteiger partial charge in [-0.05, 0) is 37.3 Å². The zero-order valence-electron chi connectivity index (χ0n) is 13.9. The van der Waals surface area contributed by atoms with E-state index in [0.717, 1.165) is 16.6 Å². The Balaban J connectivity index is 1.69. The number of imidazole rings is 1. The van der Waals surface area contributed by atoms with Crippen LogP contribution in [0.2, 0.25) is 0 Å². The molecule has 25 heavy (non-hydrogen) atoms. The van der Waals surface area contributed by atoms with E-state index in [1.54, 1.807) is 30.0 Å². The molecule has 0 atom stereocenters. The fourth-order valence-corrected chi connectivity index (χ4v) is 2.44. The maximum Gasteiger partial charge on any atom is 0.260 e. The molecule has 3 rings (SSSR count). The Labute approximate surface area is 144 Å². The number of amides is 1. The van der Waals surface area contributed by atoms with Crippen LogP contribution < -0.4 is 10.2 Å². The molecule has 0 saturated carbocycles. The molecule has 0 aliphatic rings. The van der Waals surface area contributed by atoms with Gasteiger partial charge in [-0.1, -0.05) is 12.1 Å². The van der Waals surface area contributed by atoms with Gasteiger partial charge in [0.25, 0.3) is 5.91 Å². The Morgan fingerprint density at radius 2 is 2.12 bits per heavy atom. The molecule has 0 fully saturated rings. The van der Waals surface area contributed by atoms with E-state index < -0.39 is 0 Å². The van der Waals surface area contributed by atoms with Gasteiger partial charge in [0, 0.05) is 5.56 Å². The number of para-hydroxylation sites is 2. The average molecular weight is 338 g/mol. The van der Waals surface area contributed by atoms with Crippen LogP contribution in [0.3, 0.4) is 0 Å². The predicted molar refractivity (Wildman–Crippen MR) is 94.7 cm³/mol. The number of aromatic hydroxyl groups is 1. The average Bonchev–Trinajstić information content (AvgIpc) is 3.03. The number of hydrogen-bond acceptors (Lipinski definition) is 5. The molecule has 0 radical (unpaired) electrons. The second-order valence-corrected chi connectivity index (χ2v) is 5.48. The molecular formula is C18H18N4O3. The molecule has 128 valence electrons. The summed E-state index contributed by atoms with van der Waals surface area (Å²) in [6.45, 7) is 1.88. The number of nitrogens with one attached hydrogen (secondary N) is 1. The van der Waals surface area contributed by atoms with Gasteiger partial charge in [-0.25, -0.2) is 10.4 Å². The molecule has 7 heteroatoms. The minimum absolute atomic E-state index is 0.0510. The van der Waals surface area contributed by atoms with Crippen LogP contribution in [0.25, 0.3) is 11.0 Å². The minimum Gasteiger partial charge on any atom is -0.504 e. The first kappa shape index (κ1) is 16.5. The van der Waals surface area contributed by atoms with E-state index in [2.05, 4.69) is 15.5 Å². The van der Waals surface area contributed by atoms with E-state index >= 15 is 0 Å². The van der Waals surface area contributed by atoms with Gasteiger partial charge >= 0.3 is 0 Å². The van der Waals surface area contributed by atoms with Crippen LogP contribution in [0.1, 0.15) is 12.5 Å². The fourth-order valence-electron chi connectivity index (χ4n) is 2.44. The Morgan fingerprint density at radius 3 is 2.92 bits per heavy atom. The standard InChI is InChI=1S/C18H18N4O3/c1-12(13-7-8-16(23)17(9-13)25-2)20-21-18(24)10-22-11-19-14-5-3-4-6-15(14)22/h3-9,11,23H,10H2,1-2H3,(H,21,24). The normalized spacial score (nSPS) is 11.5. The number of rotatable bonds is 5. The van der Waals surface area contributed by atoms with Crippen LogP contribution in [0.5, 0.6) is 11.5 Å². The topological polar surface area (TPSA) is 88.7 Å². The summed E-state index contributed by atoms with van der Waals surface area (Å²) in [6, 6.07) is 12.5. The minimum atomic E-state index is -0.256. The van der Waals surface area contributed by atoms with Crippen molar-refractivity contribution in [1.29, 1.82) is 0 Å². The Kier molecular flexibility index (Phi) is 4.65. The van der Waals surface area contributed by atoms with Gasteiger partial charge in [0.2, 0.25) is 0 Å². The second kappa shape index (κ2) is 7.04. The number of nitrogens with zero attached hydrogens (tertiary/aromatic N) is 3. The number of carbonyl (C=O) groups is 1. The number of hydrogen-bond donors (Lipinski definition) is 2. The van der Waals surface area contributed by atoms with Crippen LogP contribution >= 0.6 is 0 Å². The second-order valence-electron chi connectivity index (χ2n) is 5.48. The lowest BCUT2D eigenvalue weighted by molar-refractivity contribution is -0.121. The third kappa shape index (κ3) is 3.60. The third-order valence-electron chi connectivity index (χ3n) is 3.79. The zero-order chi connectivity index (χ0) is 17.8. The SMILES string of the molecule is COc1cc(C(C)=NNC(=O)Cn2cnc3ccccc32)ccc1O. The Bertz CT molecular complexity index is 946. The summed E-state index contributed by atoms with van der Waals surface area (Å²) in [7, 11) is 1.47. The molecule has 0 aliphatic heterocycles. The van der Waals surface area contributed by atoms with Crippen molar-refractivity contribution in [3.05, 3.63) is 54.4 Å². The van der Waals surface area contributed by atoms with E-state index in [0.29, 0.717) is 11.5 Å². The van der Waals surface area contributed by atoms with Gasteiger partial charge in [0.05, 0.1) is 30.2 Å². The first-order valence-electron chi connectivity index (χ1n) is 7.69. The first-order chi connectivity index (χ1) is 12.1. The van der Waals surface area contributed by atoms with Crippen molar-refractivity contribution in [2.45, 2.75) is 13.5 Å². The lowest BCUT2D eigenvalue weighted by Crippen LogP contribution is -2.24. The summed E-state index contributed by atoms with van der Waals surface area (Å²) in [5.41, 5.74) is 5.60. The van der Waals surface area contributed by atoms with Crippen molar-refractivity contribution in [3.8, 4) is 11.5 Å². The fraction of sp³-hybridized carbons (Fsp3) is 0.167. The van der Waals surface area contributed by atoms with Gasteiger partial charge in [-0.3, -0.25) is 4.79 Å². The third-order valence-corrected chi connectivity index (χ3v) is 3.79. The quantitative estimate of drug-likeness (QED) is 0.552. The van der Waals surface area contributed by atoms with Crippen LogP contribution in [-0.4, -0.2) is 33.4 Å². The highest BCUT2D eigenvalue weighted by Crippen LogP contribution is 2.26. The molecule has 0 aliphatic carbocycles. The van der Waals surface area contributed by atoms with E-state index in [-0.39, 0.29) is 18.2 Å². The van der Waals surface area contributed by atoms with E-state index in [1.807, 2.05) is 24.3 Å². The molecule has 2 N–H and O–H groups in total. The molecule has 1 amide bonds.